The van der Waals surface area contributed by atoms with E-state index in [4.69, 9.17) is 9.98 Å². The van der Waals surface area contributed by atoms with Gasteiger partial charge in [0, 0.05) is 48.7 Å². The second-order valence-corrected chi connectivity index (χ2v) is 9.36. The second kappa shape index (κ2) is 8.61. The van der Waals surface area contributed by atoms with Crippen molar-refractivity contribution >= 4 is 22.6 Å². The zero-order valence-electron chi connectivity index (χ0n) is 18.5. The Kier molecular flexibility index (Phi) is 5.34. The minimum atomic E-state index is 0.479. The van der Waals surface area contributed by atoms with Gasteiger partial charge in [0.2, 0.25) is 0 Å². The molecule has 0 aromatic heterocycles. The maximum Gasteiger partial charge on any atom is 0.0459 e. The number of rotatable bonds is 5. The van der Waals surface area contributed by atoms with E-state index in [2.05, 4.69) is 71.6 Å². The van der Waals surface area contributed by atoms with Crippen molar-refractivity contribution in [2.75, 3.05) is 13.1 Å². The van der Waals surface area contributed by atoms with Gasteiger partial charge in [-0.3, -0.25) is 9.98 Å². The van der Waals surface area contributed by atoms with Gasteiger partial charge in [0.15, 0.2) is 0 Å². The molecule has 2 fully saturated rings. The lowest BCUT2D eigenvalue weighted by molar-refractivity contribution is 0.756. The molecule has 0 amide bonds. The first-order valence-corrected chi connectivity index (χ1v) is 12.0. The first-order valence-electron chi connectivity index (χ1n) is 12.0. The molecule has 4 nitrogen and oxygen atoms in total. The normalized spacial score (nSPS) is 25.0. The third-order valence-corrected chi connectivity index (χ3v) is 7.29. The maximum atomic E-state index is 4.71. The third kappa shape index (κ3) is 3.89. The summed E-state index contributed by atoms with van der Waals surface area (Å²) in [6.45, 7) is 2.24. The smallest absolute Gasteiger partial charge is 0.0459 e. The van der Waals surface area contributed by atoms with Gasteiger partial charge >= 0.3 is 0 Å². The molecule has 4 heteroatoms. The summed E-state index contributed by atoms with van der Waals surface area (Å²) < 4.78 is 0. The number of nitrogens with one attached hydrogen (secondary N) is 2. The summed E-state index contributed by atoms with van der Waals surface area (Å²) in [6.07, 6.45) is 11.0. The van der Waals surface area contributed by atoms with Gasteiger partial charge in [0.1, 0.15) is 0 Å². The molecule has 0 aliphatic carbocycles. The van der Waals surface area contributed by atoms with Gasteiger partial charge in [-0.05, 0) is 72.2 Å². The number of benzene rings is 2. The van der Waals surface area contributed by atoms with Crippen LogP contribution in [0.1, 0.15) is 49.7 Å². The molecule has 0 spiro atoms. The Morgan fingerprint density at radius 1 is 0.562 bits per heavy atom. The highest BCUT2D eigenvalue weighted by atomic mass is 15.0. The number of hydrogen-bond acceptors (Lipinski definition) is 4. The van der Waals surface area contributed by atoms with E-state index in [1.165, 1.54) is 70.5 Å². The van der Waals surface area contributed by atoms with Crippen molar-refractivity contribution in [2.24, 2.45) is 9.98 Å². The Labute approximate surface area is 190 Å². The zero-order chi connectivity index (χ0) is 21.3. The molecule has 6 rings (SSSR count). The van der Waals surface area contributed by atoms with Crippen molar-refractivity contribution < 1.29 is 0 Å². The molecule has 2 aromatic rings. The number of hydrogen-bond donors (Lipinski definition) is 2. The van der Waals surface area contributed by atoms with E-state index in [9.17, 15) is 0 Å². The van der Waals surface area contributed by atoms with Crippen LogP contribution < -0.4 is 10.6 Å². The summed E-state index contributed by atoms with van der Waals surface area (Å²) in [5.41, 5.74) is 10.3. The van der Waals surface area contributed by atoms with Crippen LogP contribution in [-0.2, 0) is 0 Å². The van der Waals surface area contributed by atoms with E-state index >= 15 is 0 Å². The van der Waals surface area contributed by atoms with Gasteiger partial charge in [0.25, 0.3) is 0 Å². The van der Waals surface area contributed by atoms with Gasteiger partial charge in [-0.25, -0.2) is 0 Å². The predicted octanol–water partition coefficient (Wildman–Crippen LogP) is 5.23. The second-order valence-electron chi connectivity index (χ2n) is 9.36. The molecule has 2 aromatic carbocycles. The molecule has 0 bridgehead atoms. The molecule has 2 saturated heterocycles. The molecule has 0 unspecified atom stereocenters. The van der Waals surface area contributed by atoms with Crippen molar-refractivity contribution in [2.45, 2.75) is 50.6 Å². The third-order valence-electron chi connectivity index (χ3n) is 7.29. The zero-order valence-corrected chi connectivity index (χ0v) is 18.5. The average Bonchev–Trinajstić information content (AvgIpc) is 3.66. The van der Waals surface area contributed by atoms with Crippen LogP contribution in [0.2, 0.25) is 0 Å². The first kappa shape index (κ1) is 19.8. The van der Waals surface area contributed by atoms with E-state index in [0.29, 0.717) is 12.1 Å². The van der Waals surface area contributed by atoms with Gasteiger partial charge < -0.3 is 10.6 Å². The van der Waals surface area contributed by atoms with E-state index in [-0.39, 0.29) is 0 Å². The lowest BCUT2D eigenvalue weighted by Crippen LogP contribution is -2.29. The predicted molar refractivity (Wildman–Crippen MR) is 134 cm³/mol. The highest BCUT2D eigenvalue weighted by Crippen LogP contribution is 2.31. The van der Waals surface area contributed by atoms with Gasteiger partial charge in [-0.15, -0.1) is 0 Å². The minimum Gasteiger partial charge on any atom is -0.309 e. The molecular weight excluding hydrogens is 392 g/mol. The van der Waals surface area contributed by atoms with Crippen molar-refractivity contribution in [1.29, 1.82) is 0 Å². The monoisotopic (exact) mass is 422 g/mol. The minimum absolute atomic E-state index is 0.479. The largest absolute Gasteiger partial charge is 0.309 e. The molecule has 4 aliphatic rings. The lowest BCUT2D eigenvalue weighted by atomic mass is 9.95. The van der Waals surface area contributed by atoms with Gasteiger partial charge in [-0.1, -0.05) is 48.5 Å². The standard InChI is InChI=1S/C28H30N4/c1-3-25(29-13-1)27-15-23(17-31-27)21-9-5-19(6-10-21)20-7-11-22(12-8-20)24-16-28(32-18-24)26-4-2-14-30-26/h5-12,17-18,25-26,29-30H,1-4,13-16H2/t25-,26+. The van der Waals surface area contributed by atoms with E-state index in [1.54, 1.807) is 0 Å². The Hall–Kier alpha value is -2.82. The van der Waals surface area contributed by atoms with Crippen LogP contribution in [-0.4, -0.2) is 36.6 Å². The molecule has 32 heavy (non-hydrogen) atoms. The van der Waals surface area contributed by atoms with E-state index < -0.39 is 0 Å². The van der Waals surface area contributed by atoms with Gasteiger partial charge in [0.05, 0.1) is 0 Å². The number of nitrogens with zero attached hydrogens (tertiary/aromatic N) is 2. The number of allylic oxidation sites excluding steroid dienone is 2. The molecule has 4 aliphatic heterocycles. The molecule has 0 radical (unpaired) electrons. The Bertz CT molecular complexity index is 1020. The van der Waals surface area contributed by atoms with Crippen LogP contribution in [0.4, 0.5) is 0 Å². The summed E-state index contributed by atoms with van der Waals surface area (Å²) >= 11 is 0. The molecule has 162 valence electrons. The fourth-order valence-electron chi connectivity index (χ4n) is 5.37. The lowest BCUT2D eigenvalue weighted by Gasteiger charge is -2.12. The highest BCUT2D eigenvalue weighted by Gasteiger charge is 2.24. The quantitative estimate of drug-likeness (QED) is 0.693. The van der Waals surface area contributed by atoms with Crippen LogP contribution in [0.5, 0.6) is 0 Å². The summed E-state index contributed by atoms with van der Waals surface area (Å²) in [5.74, 6) is 0. The fraction of sp³-hybridized carbons (Fsp3) is 0.357. The number of aliphatic imine (C=N–C) groups is 2. The Morgan fingerprint density at radius 3 is 1.34 bits per heavy atom. The van der Waals surface area contributed by atoms with Crippen molar-refractivity contribution in [1.82, 2.24) is 10.6 Å². The summed E-state index contributed by atoms with van der Waals surface area (Å²) in [7, 11) is 0. The van der Waals surface area contributed by atoms with Crippen LogP contribution >= 0.6 is 0 Å². The van der Waals surface area contributed by atoms with Crippen molar-refractivity contribution in [3.63, 3.8) is 0 Å². The molecule has 2 N–H and O–H groups in total. The van der Waals surface area contributed by atoms with Crippen molar-refractivity contribution in [3.8, 4) is 11.1 Å². The average molecular weight is 423 g/mol. The Balaban J connectivity index is 1.09. The van der Waals surface area contributed by atoms with Gasteiger partial charge in [-0.2, -0.15) is 0 Å². The van der Waals surface area contributed by atoms with Crippen LogP contribution in [0, 0.1) is 0 Å². The molecular formula is C28H30N4. The fourth-order valence-corrected chi connectivity index (χ4v) is 5.37. The van der Waals surface area contributed by atoms with E-state index in [1.807, 2.05) is 0 Å². The summed E-state index contributed by atoms with van der Waals surface area (Å²) in [5, 5.41) is 7.13. The van der Waals surface area contributed by atoms with Crippen LogP contribution in [0.3, 0.4) is 0 Å². The van der Waals surface area contributed by atoms with E-state index in [0.717, 1.165) is 25.9 Å². The topological polar surface area (TPSA) is 48.8 Å². The SMILES string of the molecule is C1=C(c2ccc(-c3ccc(C4=CN=C([C@H]5CCCN5)C4)cc3)cc2)CC([C@@H]2CCCN2)=N1. The van der Waals surface area contributed by atoms with Crippen LogP contribution in [0.15, 0.2) is 70.9 Å². The molecule has 2 atom stereocenters. The maximum absolute atomic E-state index is 4.71. The van der Waals surface area contributed by atoms with Crippen LogP contribution in [0.25, 0.3) is 22.3 Å². The Morgan fingerprint density at radius 2 is 0.969 bits per heavy atom. The molecule has 4 heterocycles. The first-order chi connectivity index (χ1) is 15.8. The summed E-state index contributed by atoms with van der Waals surface area (Å²) in [6, 6.07) is 18.9. The highest BCUT2D eigenvalue weighted by molar-refractivity contribution is 6.02. The van der Waals surface area contributed by atoms with Crippen molar-refractivity contribution in [3.05, 3.63) is 72.1 Å². The molecule has 0 saturated carbocycles. The summed E-state index contributed by atoms with van der Waals surface area (Å²) in [4.78, 5) is 9.41.